The largest absolute Gasteiger partial charge is 0.481 e. The lowest BCUT2D eigenvalue weighted by molar-refractivity contribution is -0.462. The second-order valence-electron chi connectivity index (χ2n) is 20.6. The third-order valence-electron chi connectivity index (χ3n) is 13.8. The van der Waals surface area contributed by atoms with E-state index in [-0.39, 0.29) is 25.7 Å². The van der Waals surface area contributed by atoms with Crippen molar-refractivity contribution in [1.82, 2.24) is 5.06 Å². The van der Waals surface area contributed by atoms with E-state index >= 15 is 0 Å². The summed E-state index contributed by atoms with van der Waals surface area (Å²) in [4.78, 5) is 59.4. The first kappa shape index (κ1) is 59.7. The fraction of sp³-hybridized carbons (Fsp3) is 0.303. The monoisotopic (exact) mass is 1070 g/mol. The summed E-state index contributed by atoms with van der Waals surface area (Å²) in [5.74, 6) is -2.20. The Morgan fingerprint density at radius 1 is 0.506 bits per heavy atom. The van der Waals surface area contributed by atoms with Gasteiger partial charge in [-0.2, -0.15) is 0 Å². The summed E-state index contributed by atoms with van der Waals surface area (Å²) in [6, 6.07) is 34.1. The maximum Gasteiger partial charge on any atom is 0.333 e. The van der Waals surface area contributed by atoms with Crippen LogP contribution in [-0.2, 0) is 24.0 Å². The quantitative estimate of drug-likeness (QED) is 0.0491. The molecule has 0 aromatic heterocycles. The van der Waals surface area contributed by atoms with E-state index in [4.69, 9.17) is 9.94 Å². The third-order valence-corrected chi connectivity index (χ3v) is 13.8. The summed E-state index contributed by atoms with van der Waals surface area (Å²) in [5, 5.41) is 9.41. The molecule has 1 aliphatic heterocycles. The summed E-state index contributed by atoms with van der Waals surface area (Å²) >= 11 is 0. The molecule has 0 spiro atoms. The van der Waals surface area contributed by atoms with Gasteiger partial charge in [-0.15, -0.1) is 5.06 Å². The molecule has 4 aromatic rings. The molecule has 0 radical (unpaired) electrons. The maximum absolute atomic E-state index is 12.0. The molecule has 0 saturated carbocycles. The molecule has 2 amide bonds. The van der Waals surface area contributed by atoms with Crippen LogP contribution < -0.4 is 19.6 Å². The Bertz CT molecular complexity index is 3050. The summed E-state index contributed by atoms with van der Waals surface area (Å²) in [5.41, 5.74) is 16.1. The van der Waals surface area contributed by atoms with Gasteiger partial charge in [0.15, 0.2) is 11.4 Å². The number of rotatable bonds is 21. The van der Waals surface area contributed by atoms with Crippen LogP contribution in [0.5, 0.6) is 0 Å². The van der Waals surface area contributed by atoms with Crippen molar-refractivity contribution < 1.29 is 38.3 Å². The van der Waals surface area contributed by atoms with E-state index in [1.165, 1.54) is 28.1 Å². The molecule has 3 aliphatic rings. The molecular weight excluding hydrogens is 987 g/mol. The van der Waals surface area contributed by atoms with Crippen molar-refractivity contribution >= 4 is 81.2 Å². The number of amides is 2. The molecule has 0 atom stereocenters. The van der Waals surface area contributed by atoms with Gasteiger partial charge in [-0.25, -0.2) is 13.9 Å². The highest BCUT2D eigenvalue weighted by atomic mass is 16.7. The van der Waals surface area contributed by atoms with Crippen molar-refractivity contribution in [2.45, 2.75) is 51.4 Å². The van der Waals surface area contributed by atoms with Gasteiger partial charge in [-0.3, -0.25) is 14.4 Å². The molecule has 7 rings (SSSR count). The Morgan fingerprint density at radius 2 is 0.861 bits per heavy atom. The standard InChI is InChI=1S/C35H41N4O4.C31H37N3O2/c1-36(2)29-18-12-27(13-19-29)32(28-14-20-30(21-15-28)37(3)4)22-11-26-9-16-31(17-10-26)38(5)25-7-6-8-35(42)43-39-33(40)23-24-34(39)41;1-32(2)27-18-12-25(13-19-27)30(26-14-20-28(21-15-26)33(3)4)22-11-24-9-16-29(17-10-24)34(5)23-7-6-8-31(35)36/h9-22H,6-8,23-25H2,1-5H3;9-22H,6-8,23H2,1-5H3/q+1;/p+1. The van der Waals surface area contributed by atoms with Crippen LogP contribution in [0.15, 0.2) is 169 Å². The van der Waals surface area contributed by atoms with Crippen LogP contribution in [0, 0.1) is 0 Å². The number of carboxylic acids is 1. The number of hydrogen-bond donors (Lipinski definition) is 1. The van der Waals surface area contributed by atoms with Crippen LogP contribution in [0.4, 0.5) is 22.7 Å². The van der Waals surface area contributed by atoms with Gasteiger partial charge in [0.05, 0.1) is 0 Å². The van der Waals surface area contributed by atoms with Gasteiger partial charge in [-0.05, 0) is 143 Å². The minimum Gasteiger partial charge on any atom is -0.481 e. The molecule has 0 bridgehead atoms. The Morgan fingerprint density at radius 3 is 1.20 bits per heavy atom. The van der Waals surface area contributed by atoms with E-state index in [0.717, 1.165) is 76.5 Å². The molecule has 412 valence electrons. The first-order valence-corrected chi connectivity index (χ1v) is 27.0. The van der Waals surface area contributed by atoms with Gasteiger partial charge in [0.2, 0.25) is 0 Å². The topological polar surface area (TPSA) is 120 Å². The number of hydroxylamine groups is 2. The number of benzene rings is 4. The fourth-order valence-corrected chi connectivity index (χ4v) is 8.82. The molecule has 2 aliphatic carbocycles. The Labute approximate surface area is 468 Å². The first-order chi connectivity index (χ1) is 37.9. The highest BCUT2D eigenvalue weighted by molar-refractivity contribution is 6.05. The number of nitrogens with zero attached hydrogens (tertiary/aromatic N) is 7. The molecule has 0 unspecified atom stereocenters. The lowest BCUT2D eigenvalue weighted by Crippen LogP contribution is -2.32. The Hall–Kier alpha value is -8.58. The van der Waals surface area contributed by atoms with Crippen LogP contribution in [0.25, 0.3) is 23.3 Å². The van der Waals surface area contributed by atoms with Gasteiger partial charge in [0, 0.05) is 128 Å². The van der Waals surface area contributed by atoms with Crippen LogP contribution in [0.3, 0.4) is 0 Å². The third kappa shape index (κ3) is 18.0. The Balaban J connectivity index is 0.000000259. The number of carbonyl (C=O) groups excluding carboxylic acids is 3. The molecular formula is C66H79N7O6+2. The minimum atomic E-state index is -0.729. The molecule has 13 heteroatoms. The number of allylic oxidation sites excluding steroid dienone is 14. The number of anilines is 4. The number of carboxylic acid groups (broad SMARTS) is 1. The van der Waals surface area contributed by atoms with E-state index in [2.05, 4.69) is 227 Å². The lowest BCUT2D eigenvalue weighted by Gasteiger charge is -2.19. The van der Waals surface area contributed by atoms with Crippen molar-refractivity contribution in [3.63, 3.8) is 0 Å². The number of aliphatic carboxylic acids is 1. The number of carbonyl (C=O) groups is 4. The average Bonchev–Trinajstić information content (AvgIpc) is 3.77. The SMILES string of the molecule is CN(C)c1ccc(C(/C=C/c2ccc(N(C)CCCCC(=O)O)cc2)=C2C=CC(=[N+](C)C)C=C2)cc1.CN(C)c1ccc(C(/C=C/c2ccc(N(C)CCCCC(=O)ON3C(=O)CCC3=O)cc2)=C2C=CC(=[N+](C)C)C=C2)cc1. The highest BCUT2D eigenvalue weighted by Gasteiger charge is 2.32. The van der Waals surface area contributed by atoms with Crippen molar-refractivity contribution in [2.24, 2.45) is 0 Å². The van der Waals surface area contributed by atoms with Gasteiger partial charge in [0.25, 0.3) is 11.8 Å². The highest BCUT2D eigenvalue weighted by Crippen LogP contribution is 2.29. The first-order valence-electron chi connectivity index (χ1n) is 27.0. The number of unbranched alkanes of at least 4 members (excludes halogenated alkanes) is 2. The van der Waals surface area contributed by atoms with E-state index < -0.39 is 23.8 Å². The summed E-state index contributed by atoms with van der Waals surface area (Å²) in [6.07, 6.45) is 29.4. The summed E-state index contributed by atoms with van der Waals surface area (Å²) in [6.45, 7) is 1.60. The number of hydrogen-bond acceptors (Lipinski definition) is 9. The van der Waals surface area contributed by atoms with Gasteiger partial charge >= 0.3 is 11.9 Å². The van der Waals surface area contributed by atoms with Crippen molar-refractivity contribution in [3.8, 4) is 0 Å². The molecule has 1 N–H and O–H groups in total. The molecule has 1 heterocycles. The lowest BCUT2D eigenvalue weighted by atomic mass is 9.95. The summed E-state index contributed by atoms with van der Waals surface area (Å²) < 4.78 is 4.20. The van der Waals surface area contributed by atoms with E-state index in [9.17, 15) is 19.2 Å². The fourth-order valence-electron chi connectivity index (χ4n) is 8.82. The zero-order valence-corrected chi connectivity index (χ0v) is 47.9. The van der Waals surface area contributed by atoms with Crippen molar-refractivity contribution in [1.29, 1.82) is 0 Å². The van der Waals surface area contributed by atoms with Crippen LogP contribution >= 0.6 is 0 Å². The second kappa shape index (κ2) is 29.2. The van der Waals surface area contributed by atoms with E-state index in [0.29, 0.717) is 17.9 Å². The summed E-state index contributed by atoms with van der Waals surface area (Å²) in [7, 11) is 20.4. The predicted octanol–water partition coefficient (Wildman–Crippen LogP) is 11.0. The molecule has 4 aromatic carbocycles. The minimum absolute atomic E-state index is 0.0978. The average molecular weight is 1070 g/mol. The Kier molecular flexibility index (Phi) is 22.1. The van der Waals surface area contributed by atoms with Gasteiger partial charge < -0.3 is 29.5 Å². The van der Waals surface area contributed by atoms with Crippen molar-refractivity contribution in [2.75, 3.05) is 103 Å². The predicted molar refractivity (Wildman–Crippen MR) is 326 cm³/mol. The number of imide groups is 1. The van der Waals surface area contributed by atoms with Crippen LogP contribution in [0.2, 0.25) is 0 Å². The van der Waals surface area contributed by atoms with Crippen molar-refractivity contribution in [3.05, 3.63) is 191 Å². The van der Waals surface area contributed by atoms with Gasteiger partial charge in [-0.1, -0.05) is 72.8 Å². The van der Waals surface area contributed by atoms with Crippen LogP contribution in [-0.4, -0.2) is 138 Å². The van der Waals surface area contributed by atoms with Gasteiger partial charge in [0.1, 0.15) is 28.2 Å². The molecule has 1 saturated heterocycles. The zero-order chi connectivity index (χ0) is 57.0. The zero-order valence-electron chi connectivity index (χ0n) is 47.9. The molecule has 13 nitrogen and oxygen atoms in total. The second-order valence-corrected chi connectivity index (χ2v) is 20.6. The van der Waals surface area contributed by atoms with Crippen LogP contribution in [0.1, 0.15) is 73.6 Å². The maximum atomic E-state index is 12.0. The molecule has 79 heavy (non-hydrogen) atoms. The molecule has 1 fully saturated rings. The normalized spacial score (nSPS) is 13.8. The van der Waals surface area contributed by atoms with E-state index in [1.54, 1.807) is 0 Å². The van der Waals surface area contributed by atoms with E-state index in [1.807, 2.05) is 42.3 Å². The smallest absolute Gasteiger partial charge is 0.333 e.